The molecule has 2 aromatic carbocycles. The first-order valence-electron chi connectivity index (χ1n) is 8.13. The fraction of sp³-hybridized carbons (Fsp3) is 0.263. The van der Waals surface area contributed by atoms with Crippen molar-refractivity contribution in [3.63, 3.8) is 0 Å². The lowest BCUT2D eigenvalue weighted by Gasteiger charge is -2.09. The van der Waals surface area contributed by atoms with E-state index in [1.165, 1.54) is 36.4 Å². The van der Waals surface area contributed by atoms with Gasteiger partial charge in [-0.1, -0.05) is 17.3 Å². The van der Waals surface area contributed by atoms with Crippen molar-refractivity contribution in [3.8, 4) is 5.75 Å². The lowest BCUT2D eigenvalue weighted by atomic mass is 10.1. The number of nitrogens with zero attached hydrogens (tertiary/aromatic N) is 1. The van der Waals surface area contributed by atoms with Crippen LogP contribution in [0.15, 0.2) is 53.7 Å². The Morgan fingerprint density at radius 1 is 0.931 bits per heavy atom. The monoisotopic (exact) mass is 419 g/mol. The zero-order chi connectivity index (χ0) is 21.7. The van der Waals surface area contributed by atoms with Crippen molar-refractivity contribution in [2.24, 2.45) is 5.16 Å². The first-order valence-corrected chi connectivity index (χ1v) is 8.13. The van der Waals surface area contributed by atoms with E-state index >= 15 is 0 Å². The SMILES string of the molecule is CC(=NOCc1ccc(C(F)(F)F)cc1)c1ccc(OCC(=O)C(F)(F)F)cc1. The maximum Gasteiger partial charge on any atom is 0.453 e. The second kappa shape index (κ2) is 8.97. The van der Waals surface area contributed by atoms with E-state index in [2.05, 4.69) is 5.16 Å². The molecule has 0 aliphatic rings. The number of ether oxygens (including phenoxy) is 1. The van der Waals surface area contributed by atoms with Gasteiger partial charge in [0, 0.05) is 0 Å². The van der Waals surface area contributed by atoms with Gasteiger partial charge in [0.1, 0.15) is 12.4 Å². The molecule has 4 nitrogen and oxygen atoms in total. The topological polar surface area (TPSA) is 47.9 Å². The molecule has 0 radical (unpaired) electrons. The van der Waals surface area contributed by atoms with Crippen LogP contribution in [0.2, 0.25) is 0 Å². The molecular weight excluding hydrogens is 404 g/mol. The van der Waals surface area contributed by atoms with Crippen LogP contribution in [-0.2, 0) is 22.4 Å². The zero-order valence-electron chi connectivity index (χ0n) is 15.0. The van der Waals surface area contributed by atoms with Crippen LogP contribution >= 0.6 is 0 Å². The molecule has 0 N–H and O–H groups in total. The molecule has 0 heterocycles. The average Bonchev–Trinajstić information content (AvgIpc) is 2.65. The van der Waals surface area contributed by atoms with E-state index in [9.17, 15) is 31.1 Å². The number of rotatable bonds is 7. The number of hydrogen-bond acceptors (Lipinski definition) is 4. The van der Waals surface area contributed by atoms with E-state index in [0.29, 0.717) is 16.8 Å². The van der Waals surface area contributed by atoms with Crippen LogP contribution in [0.5, 0.6) is 5.75 Å². The lowest BCUT2D eigenvalue weighted by molar-refractivity contribution is -0.173. The highest BCUT2D eigenvalue weighted by atomic mass is 19.4. The summed E-state index contributed by atoms with van der Waals surface area (Å²) in [6.45, 7) is 0.443. The second-order valence-corrected chi connectivity index (χ2v) is 5.88. The first-order chi connectivity index (χ1) is 13.5. The lowest BCUT2D eigenvalue weighted by Crippen LogP contribution is -2.28. The fourth-order valence-corrected chi connectivity index (χ4v) is 2.07. The summed E-state index contributed by atoms with van der Waals surface area (Å²) in [6, 6.07) is 10.2. The van der Waals surface area contributed by atoms with Gasteiger partial charge in [0.25, 0.3) is 5.78 Å². The molecular formula is C19H15F6NO3. The average molecular weight is 419 g/mol. The Morgan fingerprint density at radius 2 is 1.52 bits per heavy atom. The number of oxime groups is 1. The predicted molar refractivity (Wildman–Crippen MR) is 91.4 cm³/mol. The molecule has 10 heteroatoms. The van der Waals surface area contributed by atoms with Gasteiger partial charge in [-0.05, 0) is 54.4 Å². The van der Waals surface area contributed by atoms with Crippen LogP contribution in [0.4, 0.5) is 26.3 Å². The van der Waals surface area contributed by atoms with Crippen molar-refractivity contribution in [2.45, 2.75) is 25.9 Å². The summed E-state index contributed by atoms with van der Waals surface area (Å²) in [5.74, 6) is -1.92. The molecule has 0 saturated heterocycles. The molecule has 0 spiro atoms. The van der Waals surface area contributed by atoms with Gasteiger partial charge in [0.05, 0.1) is 11.3 Å². The molecule has 0 bridgehead atoms. The van der Waals surface area contributed by atoms with E-state index < -0.39 is 30.3 Å². The van der Waals surface area contributed by atoms with E-state index in [1.54, 1.807) is 6.92 Å². The Balaban J connectivity index is 1.89. The van der Waals surface area contributed by atoms with Crippen molar-refractivity contribution >= 4 is 11.5 Å². The van der Waals surface area contributed by atoms with Crippen LogP contribution in [-0.4, -0.2) is 24.3 Å². The molecule has 29 heavy (non-hydrogen) atoms. The fourth-order valence-electron chi connectivity index (χ4n) is 2.07. The van der Waals surface area contributed by atoms with E-state index in [0.717, 1.165) is 12.1 Å². The molecule has 0 fully saturated rings. The molecule has 0 aliphatic carbocycles. The smallest absolute Gasteiger partial charge is 0.453 e. The molecule has 0 aromatic heterocycles. The Morgan fingerprint density at radius 3 is 2.03 bits per heavy atom. The third-order valence-electron chi connectivity index (χ3n) is 3.67. The van der Waals surface area contributed by atoms with Crippen molar-refractivity contribution in [2.75, 3.05) is 6.61 Å². The number of Topliss-reactive ketones (excluding diaryl/α,β-unsaturated/α-hetero) is 1. The number of carbonyl (C=O) groups is 1. The summed E-state index contributed by atoms with van der Waals surface area (Å²) in [4.78, 5) is 15.9. The summed E-state index contributed by atoms with van der Waals surface area (Å²) in [7, 11) is 0. The van der Waals surface area contributed by atoms with Gasteiger partial charge in [0.2, 0.25) is 0 Å². The Bertz CT molecular complexity index is 855. The van der Waals surface area contributed by atoms with Crippen molar-refractivity contribution < 1.29 is 40.7 Å². The number of alkyl halides is 6. The van der Waals surface area contributed by atoms with Gasteiger partial charge >= 0.3 is 12.4 Å². The number of ketones is 1. The molecule has 2 rings (SSSR count). The summed E-state index contributed by atoms with van der Waals surface area (Å²) < 4.78 is 78.7. The van der Waals surface area contributed by atoms with E-state index in [-0.39, 0.29) is 12.4 Å². The summed E-state index contributed by atoms with van der Waals surface area (Å²) in [6.07, 6.45) is -9.36. The minimum atomic E-state index is -4.95. The second-order valence-electron chi connectivity index (χ2n) is 5.88. The molecule has 0 amide bonds. The minimum absolute atomic E-state index is 0.0454. The molecule has 156 valence electrons. The first kappa shape index (κ1) is 22.3. The van der Waals surface area contributed by atoms with Gasteiger partial charge in [-0.25, -0.2) is 0 Å². The van der Waals surface area contributed by atoms with Crippen molar-refractivity contribution in [1.82, 2.24) is 0 Å². The van der Waals surface area contributed by atoms with Gasteiger partial charge < -0.3 is 9.57 Å². The van der Waals surface area contributed by atoms with Gasteiger partial charge in [-0.3, -0.25) is 4.79 Å². The van der Waals surface area contributed by atoms with E-state index in [4.69, 9.17) is 9.57 Å². The normalized spacial score (nSPS) is 12.6. The highest BCUT2D eigenvalue weighted by Gasteiger charge is 2.38. The van der Waals surface area contributed by atoms with Crippen molar-refractivity contribution in [3.05, 3.63) is 65.2 Å². The van der Waals surface area contributed by atoms with E-state index in [1.807, 2.05) is 0 Å². The maximum atomic E-state index is 12.5. The summed E-state index contributed by atoms with van der Waals surface area (Å²) in [5.41, 5.74) is 0.731. The highest BCUT2D eigenvalue weighted by Crippen LogP contribution is 2.29. The Hall–Kier alpha value is -3.04. The number of carbonyl (C=O) groups excluding carboxylic acids is 1. The largest absolute Gasteiger partial charge is 0.485 e. The Kier molecular flexibility index (Phi) is 6.89. The van der Waals surface area contributed by atoms with Crippen LogP contribution in [0.3, 0.4) is 0 Å². The third kappa shape index (κ3) is 6.81. The number of benzene rings is 2. The number of hydrogen-bond donors (Lipinski definition) is 0. The van der Waals surface area contributed by atoms with Crippen LogP contribution in [0, 0.1) is 0 Å². The quantitative estimate of drug-likeness (QED) is 0.354. The zero-order valence-corrected chi connectivity index (χ0v) is 15.0. The molecule has 0 atom stereocenters. The molecule has 0 aliphatic heterocycles. The molecule has 0 saturated carbocycles. The highest BCUT2D eigenvalue weighted by molar-refractivity contribution is 5.98. The summed E-state index contributed by atoms with van der Waals surface area (Å²) in [5, 5.41) is 3.85. The van der Waals surface area contributed by atoms with Crippen LogP contribution in [0.25, 0.3) is 0 Å². The third-order valence-corrected chi connectivity index (χ3v) is 3.67. The molecule has 2 aromatic rings. The minimum Gasteiger partial charge on any atom is -0.485 e. The Labute approximate surface area is 161 Å². The maximum absolute atomic E-state index is 12.5. The van der Waals surface area contributed by atoms with Gasteiger partial charge in [0.15, 0.2) is 6.61 Å². The number of halogens is 6. The van der Waals surface area contributed by atoms with Gasteiger partial charge in [-0.2, -0.15) is 26.3 Å². The standard InChI is InChI=1S/C19H15F6NO3/c1-12(26-29-10-13-2-6-15(7-3-13)18(20,21)22)14-4-8-16(9-5-14)28-11-17(27)19(23,24)25/h2-9H,10-11H2,1H3. The van der Waals surface area contributed by atoms with Crippen LogP contribution in [0.1, 0.15) is 23.6 Å². The van der Waals surface area contributed by atoms with Gasteiger partial charge in [-0.15, -0.1) is 0 Å². The van der Waals surface area contributed by atoms with Crippen LogP contribution < -0.4 is 4.74 Å². The summed E-state index contributed by atoms with van der Waals surface area (Å²) >= 11 is 0. The van der Waals surface area contributed by atoms with Crippen molar-refractivity contribution in [1.29, 1.82) is 0 Å². The predicted octanol–water partition coefficient (Wildman–Crippen LogP) is 5.16. The molecule has 0 unspecified atom stereocenters.